The standard InChI is InChI=1S/C36H64N4O/c1-4-27-9-6-12-30(15-27)20-38-23-33-18-34(24-39-21-31-13-7-10-28(5-2)16-31)36(41)35(26(33)3)25-40-22-32-14-8-11-29(17-32)19-37/h18,27-32,38-41H,4-17,19-25,37H2,1-3H3. The van der Waals surface area contributed by atoms with Crippen LogP contribution in [0.25, 0.3) is 0 Å². The van der Waals surface area contributed by atoms with Crippen molar-refractivity contribution >= 4 is 0 Å². The fraction of sp³-hybridized carbons (Fsp3) is 0.833. The molecule has 0 aliphatic heterocycles. The van der Waals surface area contributed by atoms with Crippen LogP contribution in [0.2, 0.25) is 0 Å². The van der Waals surface area contributed by atoms with Crippen LogP contribution in [0.1, 0.15) is 126 Å². The summed E-state index contributed by atoms with van der Waals surface area (Å²) in [6, 6.07) is 2.28. The third-order valence-corrected chi connectivity index (χ3v) is 11.3. The molecule has 0 bridgehead atoms. The van der Waals surface area contributed by atoms with Gasteiger partial charge in [0.05, 0.1) is 0 Å². The van der Waals surface area contributed by atoms with Crippen molar-refractivity contribution in [2.24, 2.45) is 41.2 Å². The van der Waals surface area contributed by atoms with Crippen LogP contribution in [-0.2, 0) is 19.6 Å². The fourth-order valence-corrected chi connectivity index (χ4v) is 8.43. The summed E-state index contributed by atoms with van der Waals surface area (Å²) in [7, 11) is 0. The number of aromatic hydroxyl groups is 1. The minimum absolute atomic E-state index is 0.503. The lowest BCUT2D eigenvalue weighted by Crippen LogP contribution is -2.30. The molecule has 5 nitrogen and oxygen atoms in total. The molecule has 5 heteroatoms. The molecule has 0 spiro atoms. The van der Waals surface area contributed by atoms with Crippen molar-refractivity contribution < 1.29 is 5.11 Å². The first-order chi connectivity index (χ1) is 20.0. The first-order valence-electron chi connectivity index (χ1n) is 17.7. The van der Waals surface area contributed by atoms with Gasteiger partial charge in [0.1, 0.15) is 5.75 Å². The predicted octanol–water partition coefficient (Wildman–Crippen LogP) is 7.17. The Kier molecular flexibility index (Phi) is 13.8. The molecule has 3 fully saturated rings. The highest BCUT2D eigenvalue weighted by Crippen LogP contribution is 2.33. The molecule has 6 unspecified atom stereocenters. The van der Waals surface area contributed by atoms with E-state index in [1.165, 1.54) is 101 Å². The van der Waals surface area contributed by atoms with Crippen LogP contribution in [0.3, 0.4) is 0 Å². The zero-order valence-corrected chi connectivity index (χ0v) is 26.9. The molecule has 1 aromatic rings. The monoisotopic (exact) mass is 569 g/mol. The molecule has 41 heavy (non-hydrogen) atoms. The van der Waals surface area contributed by atoms with Crippen LogP contribution in [0.4, 0.5) is 0 Å². The van der Waals surface area contributed by atoms with Gasteiger partial charge in [-0.2, -0.15) is 0 Å². The molecule has 3 aliphatic rings. The van der Waals surface area contributed by atoms with Gasteiger partial charge < -0.3 is 26.8 Å². The normalized spacial score (nSPS) is 29.1. The molecule has 0 amide bonds. The maximum atomic E-state index is 11.5. The minimum Gasteiger partial charge on any atom is -0.507 e. The number of nitrogens with two attached hydrogens (primary N) is 1. The molecule has 4 rings (SSSR count). The lowest BCUT2D eigenvalue weighted by atomic mass is 9.80. The molecular formula is C36H64N4O. The summed E-state index contributed by atoms with van der Waals surface area (Å²) < 4.78 is 0. The van der Waals surface area contributed by atoms with E-state index >= 15 is 0 Å². The lowest BCUT2D eigenvalue weighted by molar-refractivity contribution is 0.253. The summed E-state index contributed by atoms with van der Waals surface area (Å²) in [6.07, 6.45) is 18.8. The van der Waals surface area contributed by atoms with Crippen LogP contribution in [0.5, 0.6) is 5.75 Å². The fourth-order valence-electron chi connectivity index (χ4n) is 8.43. The Labute approximate surface area is 252 Å². The molecule has 6 atom stereocenters. The number of hydrogen-bond donors (Lipinski definition) is 5. The van der Waals surface area contributed by atoms with Gasteiger partial charge >= 0.3 is 0 Å². The van der Waals surface area contributed by atoms with Gasteiger partial charge in [0, 0.05) is 30.8 Å². The van der Waals surface area contributed by atoms with Crippen LogP contribution in [0, 0.1) is 42.4 Å². The number of phenolic OH excluding ortho intramolecular Hbond substituents is 1. The smallest absolute Gasteiger partial charge is 0.124 e. The minimum atomic E-state index is 0.503. The number of rotatable bonds is 15. The Morgan fingerprint density at radius 1 is 0.659 bits per heavy atom. The van der Waals surface area contributed by atoms with Crippen LogP contribution < -0.4 is 21.7 Å². The molecule has 0 aromatic heterocycles. The second-order valence-corrected chi connectivity index (χ2v) is 14.3. The number of hydrogen-bond acceptors (Lipinski definition) is 5. The summed E-state index contributed by atoms with van der Waals surface area (Å²) in [4.78, 5) is 0. The Hall–Kier alpha value is -1.14. The second-order valence-electron chi connectivity index (χ2n) is 14.3. The van der Waals surface area contributed by atoms with E-state index in [0.717, 1.165) is 80.6 Å². The number of benzene rings is 1. The molecule has 0 heterocycles. The average molecular weight is 569 g/mol. The van der Waals surface area contributed by atoms with E-state index in [2.05, 4.69) is 42.8 Å². The van der Waals surface area contributed by atoms with Gasteiger partial charge in [0.25, 0.3) is 0 Å². The van der Waals surface area contributed by atoms with Crippen molar-refractivity contribution in [2.75, 3.05) is 26.2 Å². The van der Waals surface area contributed by atoms with Crippen LogP contribution >= 0.6 is 0 Å². The van der Waals surface area contributed by atoms with Crippen molar-refractivity contribution in [2.45, 2.75) is 130 Å². The Balaban J connectivity index is 1.38. The third-order valence-electron chi connectivity index (χ3n) is 11.3. The molecule has 234 valence electrons. The van der Waals surface area contributed by atoms with Crippen molar-refractivity contribution in [3.05, 3.63) is 28.3 Å². The van der Waals surface area contributed by atoms with Gasteiger partial charge in [-0.15, -0.1) is 0 Å². The number of phenols is 1. The highest BCUT2D eigenvalue weighted by atomic mass is 16.3. The average Bonchev–Trinajstić information content (AvgIpc) is 3.01. The molecule has 3 saturated carbocycles. The first-order valence-corrected chi connectivity index (χ1v) is 17.7. The molecule has 3 aliphatic carbocycles. The van der Waals surface area contributed by atoms with E-state index in [1.807, 2.05) is 0 Å². The van der Waals surface area contributed by atoms with Crippen molar-refractivity contribution in [3.63, 3.8) is 0 Å². The van der Waals surface area contributed by atoms with Crippen LogP contribution in [-0.4, -0.2) is 31.3 Å². The topological polar surface area (TPSA) is 82.3 Å². The van der Waals surface area contributed by atoms with Gasteiger partial charge in [-0.25, -0.2) is 0 Å². The largest absolute Gasteiger partial charge is 0.507 e. The van der Waals surface area contributed by atoms with E-state index in [-0.39, 0.29) is 0 Å². The van der Waals surface area contributed by atoms with Crippen molar-refractivity contribution in [1.82, 2.24) is 16.0 Å². The van der Waals surface area contributed by atoms with Crippen molar-refractivity contribution in [1.29, 1.82) is 0 Å². The summed E-state index contributed by atoms with van der Waals surface area (Å²) in [5.74, 6) is 5.30. The van der Waals surface area contributed by atoms with E-state index in [4.69, 9.17) is 5.73 Å². The van der Waals surface area contributed by atoms with Gasteiger partial charge in [-0.05, 0) is 131 Å². The summed E-state index contributed by atoms with van der Waals surface area (Å²) >= 11 is 0. The van der Waals surface area contributed by atoms with Gasteiger partial charge in [-0.1, -0.05) is 58.8 Å². The van der Waals surface area contributed by atoms with E-state index in [1.54, 1.807) is 0 Å². The molecule has 1 aromatic carbocycles. The highest BCUT2D eigenvalue weighted by Gasteiger charge is 2.24. The van der Waals surface area contributed by atoms with Crippen molar-refractivity contribution in [3.8, 4) is 5.75 Å². The SMILES string of the molecule is CCC1CCCC(CNCc2cc(CNCC3CCCC(CC)C3)c(O)c(CNCC3CCCC(CN)C3)c2C)C1. The Bertz CT molecular complexity index is 850. The summed E-state index contributed by atoms with van der Waals surface area (Å²) in [5.41, 5.74) is 10.8. The first kappa shape index (κ1) is 32.8. The molecular weight excluding hydrogens is 504 g/mol. The predicted molar refractivity (Wildman–Crippen MR) is 174 cm³/mol. The summed E-state index contributed by atoms with van der Waals surface area (Å²) in [5, 5.41) is 22.8. The third kappa shape index (κ3) is 9.95. The quantitative estimate of drug-likeness (QED) is 0.155. The second kappa shape index (κ2) is 17.2. The van der Waals surface area contributed by atoms with Gasteiger partial charge in [0.2, 0.25) is 0 Å². The number of nitrogens with one attached hydrogen (secondary N) is 3. The lowest BCUT2D eigenvalue weighted by Gasteiger charge is -2.29. The van der Waals surface area contributed by atoms with E-state index in [0.29, 0.717) is 17.6 Å². The molecule has 0 saturated heterocycles. The van der Waals surface area contributed by atoms with E-state index in [9.17, 15) is 5.11 Å². The summed E-state index contributed by atoms with van der Waals surface area (Å²) in [6.45, 7) is 13.3. The zero-order valence-electron chi connectivity index (χ0n) is 26.9. The zero-order chi connectivity index (χ0) is 29.0. The Morgan fingerprint density at radius 3 is 1.61 bits per heavy atom. The van der Waals surface area contributed by atoms with Gasteiger partial charge in [0.15, 0.2) is 0 Å². The van der Waals surface area contributed by atoms with E-state index < -0.39 is 0 Å². The highest BCUT2D eigenvalue weighted by molar-refractivity contribution is 5.49. The maximum Gasteiger partial charge on any atom is 0.124 e. The maximum absolute atomic E-state index is 11.5. The Morgan fingerprint density at radius 2 is 1.10 bits per heavy atom. The van der Waals surface area contributed by atoms with Crippen LogP contribution in [0.15, 0.2) is 6.07 Å². The molecule has 6 N–H and O–H groups in total. The van der Waals surface area contributed by atoms with Gasteiger partial charge in [-0.3, -0.25) is 0 Å². The molecule has 0 radical (unpaired) electrons.